The van der Waals surface area contributed by atoms with E-state index in [0.29, 0.717) is 0 Å². The van der Waals surface area contributed by atoms with Gasteiger partial charge in [0.2, 0.25) is 0 Å². The highest BCUT2D eigenvalue weighted by atomic mass is 16.1. The number of allylic oxidation sites excluding steroid dienone is 1. The summed E-state index contributed by atoms with van der Waals surface area (Å²) >= 11 is 0. The maximum absolute atomic E-state index is 11.6. The van der Waals surface area contributed by atoms with Crippen molar-refractivity contribution in [3.8, 4) is 0 Å². The summed E-state index contributed by atoms with van der Waals surface area (Å²) in [6, 6.07) is 0. The van der Waals surface area contributed by atoms with Crippen LogP contribution in [0.1, 0.15) is 90.4 Å². The first kappa shape index (κ1) is 20.4. The van der Waals surface area contributed by atoms with Crippen molar-refractivity contribution in [3.05, 3.63) is 12.7 Å². The molecule has 0 aliphatic heterocycles. The molecule has 0 amide bonds. The van der Waals surface area contributed by atoms with Gasteiger partial charge in [0.1, 0.15) is 5.78 Å². The van der Waals surface area contributed by atoms with E-state index in [1.807, 2.05) is 6.08 Å². The Morgan fingerprint density at radius 2 is 1.43 bits per heavy atom. The molecule has 0 saturated heterocycles. The van der Waals surface area contributed by atoms with Gasteiger partial charge in [-0.25, -0.2) is 0 Å². The summed E-state index contributed by atoms with van der Waals surface area (Å²) in [5, 5.41) is 0. The van der Waals surface area contributed by atoms with Gasteiger partial charge in [-0.15, -0.1) is 6.58 Å². The van der Waals surface area contributed by atoms with E-state index in [-0.39, 0.29) is 18.2 Å². The maximum atomic E-state index is 11.6. The van der Waals surface area contributed by atoms with Crippen LogP contribution in [0.5, 0.6) is 0 Å². The molecule has 1 atom stereocenters. The van der Waals surface area contributed by atoms with Crippen molar-refractivity contribution in [2.75, 3.05) is 6.54 Å². The Morgan fingerprint density at radius 1 is 0.952 bits per heavy atom. The second-order valence-corrected chi connectivity index (χ2v) is 6.22. The van der Waals surface area contributed by atoms with Crippen LogP contribution in [-0.2, 0) is 4.79 Å². The van der Waals surface area contributed by atoms with Crippen molar-refractivity contribution < 1.29 is 4.79 Å². The van der Waals surface area contributed by atoms with E-state index in [1.54, 1.807) is 0 Å². The van der Waals surface area contributed by atoms with E-state index in [4.69, 9.17) is 5.73 Å². The summed E-state index contributed by atoms with van der Waals surface area (Å²) in [5.41, 5.74) is 5.45. The zero-order valence-corrected chi connectivity index (χ0v) is 14.2. The fraction of sp³-hybridized carbons (Fsp3) is 0.842. The van der Waals surface area contributed by atoms with Crippen LogP contribution in [0.3, 0.4) is 0 Å². The van der Waals surface area contributed by atoms with E-state index in [9.17, 15) is 4.79 Å². The summed E-state index contributed by atoms with van der Waals surface area (Å²) in [6.07, 6.45) is 18.4. The van der Waals surface area contributed by atoms with E-state index < -0.39 is 0 Å². The number of unbranched alkanes of at least 4 members (excludes halogenated alkanes) is 10. The maximum Gasteiger partial charge on any atom is 0.149 e. The molecule has 124 valence electrons. The second kappa shape index (κ2) is 15.8. The first-order valence-electron chi connectivity index (χ1n) is 9.09. The van der Waals surface area contributed by atoms with Gasteiger partial charge in [0.25, 0.3) is 0 Å². The molecule has 2 nitrogen and oxygen atoms in total. The number of hydrogen-bond acceptors (Lipinski definition) is 2. The van der Waals surface area contributed by atoms with E-state index in [0.717, 1.165) is 19.3 Å². The van der Waals surface area contributed by atoms with E-state index >= 15 is 0 Å². The fourth-order valence-corrected chi connectivity index (χ4v) is 2.83. The topological polar surface area (TPSA) is 43.1 Å². The largest absolute Gasteiger partial charge is 0.324 e. The number of carbonyl (C=O) groups is 1. The SMILES string of the molecule is C=CCC(CCCCCCCCCCCCC)C(=O)CN. The molecule has 0 fully saturated rings. The first-order chi connectivity index (χ1) is 10.3. The molecule has 2 N–H and O–H groups in total. The predicted molar refractivity (Wildman–Crippen MR) is 93.4 cm³/mol. The molecular weight excluding hydrogens is 258 g/mol. The van der Waals surface area contributed by atoms with Crippen LogP contribution in [0.4, 0.5) is 0 Å². The molecule has 0 spiro atoms. The van der Waals surface area contributed by atoms with Gasteiger partial charge >= 0.3 is 0 Å². The van der Waals surface area contributed by atoms with Crippen LogP contribution in [-0.4, -0.2) is 12.3 Å². The number of ketones is 1. The minimum Gasteiger partial charge on any atom is -0.324 e. The van der Waals surface area contributed by atoms with Crippen molar-refractivity contribution in [1.82, 2.24) is 0 Å². The molecule has 21 heavy (non-hydrogen) atoms. The van der Waals surface area contributed by atoms with Crippen molar-refractivity contribution >= 4 is 5.78 Å². The average molecular weight is 296 g/mol. The molecule has 0 bridgehead atoms. The quantitative estimate of drug-likeness (QED) is 0.306. The van der Waals surface area contributed by atoms with Gasteiger partial charge in [0.15, 0.2) is 0 Å². The molecule has 0 heterocycles. The van der Waals surface area contributed by atoms with E-state index in [1.165, 1.54) is 64.2 Å². The van der Waals surface area contributed by atoms with Crippen LogP contribution in [0.15, 0.2) is 12.7 Å². The highest BCUT2D eigenvalue weighted by molar-refractivity contribution is 5.82. The number of Topliss-reactive ketones (excluding diaryl/α,β-unsaturated/α-hetero) is 1. The van der Waals surface area contributed by atoms with Crippen LogP contribution >= 0.6 is 0 Å². The molecular formula is C19H37NO. The molecule has 0 rings (SSSR count). The zero-order chi connectivity index (χ0) is 15.8. The molecule has 0 aliphatic carbocycles. The Bertz CT molecular complexity index is 250. The minimum absolute atomic E-state index is 0.117. The monoisotopic (exact) mass is 295 g/mol. The predicted octanol–water partition coefficient (Wildman–Crippen LogP) is 5.41. The average Bonchev–Trinajstić information content (AvgIpc) is 2.50. The summed E-state index contributed by atoms with van der Waals surface area (Å²) in [5.74, 6) is 0.313. The van der Waals surface area contributed by atoms with Crippen molar-refractivity contribution in [3.63, 3.8) is 0 Å². The zero-order valence-electron chi connectivity index (χ0n) is 14.2. The molecule has 1 unspecified atom stereocenters. The number of rotatable bonds is 16. The van der Waals surface area contributed by atoms with Crippen molar-refractivity contribution in [2.45, 2.75) is 90.4 Å². The Morgan fingerprint density at radius 3 is 1.86 bits per heavy atom. The van der Waals surface area contributed by atoms with Gasteiger partial charge in [-0.1, -0.05) is 83.6 Å². The highest BCUT2D eigenvalue weighted by Gasteiger charge is 2.14. The number of carbonyl (C=O) groups excluding carboxylic acids is 1. The summed E-state index contributed by atoms with van der Waals surface area (Å²) in [6.45, 7) is 6.17. The molecule has 0 aromatic carbocycles. The van der Waals surface area contributed by atoms with Gasteiger partial charge in [-0.3, -0.25) is 4.79 Å². The van der Waals surface area contributed by atoms with Crippen molar-refractivity contribution in [1.29, 1.82) is 0 Å². The normalized spacial score (nSPS) is 12.3. The smallest absolute Gasteiger partial charge is 0.149 e. The summed E-state index contributed by atoms with van der Waals surface area (Å²) < 4.78 is 0. The molecule has 0 saturated carbocycles. The van der Waals surface area contributed by atoms with Gasteiger partial charge in [-0.05, 0) is 12.8 Å². The minimum atomic E-state index is 0.117. The highest BCUT2D eigenvalue weighted by Crippen LogP contribution is 2.17. The van der Waals surface area contributed by atoms with Gasteiger partial charge < -0.3 is 5.73 Å². The van der Waals surface area contributed by atoms with Crippen molar-refractivity contribution in [2.24, 2.45) is 11.7 Å². The van der Waals surface area contributed by atoms with Gasteiger partial charge in [-0.2, -0.15) is 0 Å². The Balaban J connectivity index is 3.37. The molecule has 0 aliphatic rings. The lowest BCUT2D eigenvalue weighted by Gasteiger charge is -2.12. The third-order valence-corrected chi connectivity index (χ3v) is 4.26. The second-order valence-electron chi connectivity index (χ2n) is 6.22. The lowest BCUT2D eigenvalue weighted by molar-refractivity contribution is -0.121. The third-order valence-electron chi connectivity index (χ3n) is 4.26. The Labute approximate surface area is 132 Å². The number of nitrogens with two attached hydrogens (primary N) is 1. The lowest BCUT2D eigenvalue weighted by Crippen LogP contribution is -2.22. The number of hydrogen-bond donors (Lipinski definition) is 1. The Kier molecular flexibility index (Phi) is 15.3. The van der Waals surface area contributed by atoms with Crippen LogP contribution < -0.4 is 5.73 Å². The standard InChI is InChI=1S/C19H37NO/c1-3-5-6-7-8-9-10-11-12-13-14-16-18(15-4-2)19(21)17-20/h4,18H,2-3,5-17,20H2,1H3. The summed E-state index contributed by atoms with van der Waals surface area (Å²) in [7, 11) is 0. The third kappa shape index (κ3) is 12.8. The van der Waals surface area contributed by atoms with Crippen LogP contribution in [0.25, 0.3) is 0 Å². The Hall–Kier alpha value is -0.630. The molecule has 0 aromatic heterocycles. The first-order valence-corrected chi connectivity index (χ1v) is 9.09. The van der Waals surface area contributed by atoms with Gasteiger partial charge in [0.05, 0.1) is 6.54 Å². The molecule has 0 aromatic rings. The molecule has 2 heteroatoms. The van der Waals surface area contributed by atoms with E-state index in [2.05, 4.69) is 13.5 Å². The van der Waals surface area contributed by atoms with Gasteiger partial charge in [0, 0.05) is 5.92 Å². The molecule has 0 radical (unpaired) electrons. The lowest BCUT2D eigenvalue weighted by atomic mass is 9.93. The van der Waals surface area contributed by atoms with Crippen LogP contribution in [0, 0.1) is 5.92 Å². The summed E-state index contributed by atoms with van der Waals surface area (Å²) in [4.78, 5) is 11.6. The fourth-order valence-electron chi connectivity index (χ4n) is 2.83. The van der Waals surface area contributed by atoms with Crippen LogP contribution in [0.2, 0.25) is 0 Å².